The highest BCUT2D eigenvalue weighted by Gasteiger charge is 2.24. The highest BCUT2D eigenvalue weighted by molar-refractivity contribution is 5.92. The zero-order valence-electron chi connectivity index (χ0n) is 10.7. The fraction of sp³-hybridized carbons (Fsp3) is 0.583. The number of carbonyl (C=O) groups excluding carboxylic acids is 2. The molecule has 1 aliphatic heterocycles. The van der Waals surface area contributed by atoms with Gasteiger partial charge in [0.1, 0.15) is 5.69 Å². The van der Waals surface area contributed by atoms with Gasteiger partial charge in [-0.2, -0.15) is 5.10 Å². The van der Waals surface area contributed by atoms with E-state index < -0.39 is 0 Å². The van der Waals surface area contributed by atoms with Crippen LogP contribution in [0.15, 0.2) is 6.07 Å². The first-order valence-electron chi connectivity index (χ1n) is 6.14. The van der Waals surface area contributed by atoms with Gasteiger partial charge in [0.15, 0.2) is 0 Å². The molecule has 6 nitrogen and oxygen atoms in total. The summed E-state index contributed by atoms with van der Waals surface area (Å²) < 4.78 is 0. The first-order valence-corrected chi connectivity index (χ1v) is 6.14. The van der Waals surface area contributed by atoms with Crippen molar-refractivity contribution >= 4 is 11.8 Å². The van der Waals surface area contributed by atoms with E-state index in [0.29, 0.717) is 12.2 Å². The fourth-order valence-corrected chi connectivity index (χ4v) is 2.31. The summed E-state index contributed by atoms with van der Waals surface area (Å²) in [6.45, 7) is 3.11. The van der Waals surface area contributed by atoms with E-state index in [1.807, 2.05) is 4.90 Å². The molecule has 2 heterocycles. The summed E-state index contributed by atoms with van der Waals surface area (Å²) in [5.41, 5.74) is 1.33. The molecule has 6 heteroatoms. The lowest BCUT2D eigenvalue weighted by atomic mass is 9.94. The van der Waals surface area contributed by atoms with E-state index in [0.717, 1.165) is 25.1 Å². The minimum Gasteiger partial charge on any atom is -0.354 e. The molecule has 0 aliphatic carbocycles. The second-order valence-electron chi connectivity index (χ2n) is 4.59. The Hall–Kier alpha value is -1.85. The Morgan fingerprint density at radius 3 is 3.00 bits per heavy atom. The van der Waals surface area contributed by atoms with Gasteiger partial charge in [0.2, 0.25) is 5.91 Å². The maximum Gasteiger partial charge on any atom is 0.271 e. The highest BCUT2D eigenvalue weighted by Crippen LogP contribution is 2.25. The van der Waals surface area contributed by atoms with E-state index in [9.17, 15) is 9.59 Å². The molecule has 0 aromatic carbocycles. The van der Waals surface area contributed by atoms with Crippen LogP contribution in [0, 0.1) is 0 Å². The lowest BCUT2D eigenvalue weighted by Crippen LogP contribution is -2.37. The molecule has 1 fully saturated rings. The van der Waals surface area contributed by atoms with Gasteiger partial charge in [0.05, 0.1) is 0 Å². The van der Waals surface area contributed by atoms with E-state index in [4.69, 9.17) is 0 Å². The molecule has 0 saturated carbocycles. The first-order chi connectivity index (χ1) is 8.61. The van der Waals surface area contributed by atoms with Crippen molar-refractivity contribution in [1.82, 2.24) is 20.4 Å². The number of rotatable bonds is 2. The second-order valence-corrected chi connectivity index (χ2v) is 4.59. The first kappa shape index (κ1) is 12.6. The average Bonchev–Trinajstić information content (AvgIpc) is 2.87. The summed E-state index contributed by atoms with van der Waals surface area (Å²) >= 11 is 0. The van der Waals surface area contributed by atoms with E-state index in [1.165, 1.54) is 0 Å². The number of piperidine rings is 1. The molecule has 1 aromatic heterocycles. The van der Waals surface area contributed by atoms with Crippen LogP contribution in [-0.2, 0) is 4.79 Å². The molecule has 0 spiro atoms. The van der Waals surface area contributed by atoms with Crippen LogP contribution in [0.1, 0.15) is 41.9 Å². The Morgan fingerprint density at radius 2 is 2.33 bits per heavy atom. The minimum absolute atomic E-state index is 0.103. The van der Waals surface area contributed by atoms with Gasteiger partial charge in [-0.05, 0) is 18.9 Å². The average molecular weight is 250 g/mol. The third-order valence-corrected chi connectivity index (χ3v) is 3.36. The van der Waals surface area contributed by atoms with Crippen LogP contribution < -0.4 is 5.32 Å². The van der Waals surface area contributed by atoms with Crippen molar-refractivity contribution in [1.29, 1.82) is 0 Å². The predicted molar refractivity (Wildman–Crippen MR) is 66.2 cm³/mol. The van der Waals surface area contributed by atoms with Crippen LogP contribution in [-0.4, -0.2) is 47.0 Å². The minimum atomic E-state index is -0.197. The Kier molecular flexibility index (Phi) is 3.64. The molecule has 1 saturated heterocycles. The van der Waals surface area contributed by atoms with Crippen molar-refractivity contribution in [2.75, 3.05) is 20.1 Å². The summed E-state index contributed by atoms with van der Waals surface area (Å²) in [4.78, 5) is 24.6. The van der Waals surface area contributed by atoms with E-state index >= 15 is 0 Å². The maximum atomic E-state index is 11.4. The van der Waals surface area contributed by atoms with Gasteiger partial charge in [0, 0.05) is 38.7 Å². The Balaban J connectivity index is 2.09. The zero-order valence-corrected chi connectivity index (χ0v) is 10.7. The van der Waals surface area contributed by atoms with E-state index in [2.05, 4.69) is 15.5 Å². The molecule has 1 unspecified atom stereocenters. The van der Waals surface area contributed by atoms with Crippen LogP contribution in [0.3, 0.4) is 0 Å². The van der Waals surface area contributed by atoms with E-state index in [1.54, 1.807) is 20.0 Å². The molecule has 2 rings (SSSR count). The molecule has 1 atom stereocenters. The van der Waals surface area contributed by atoms with Crippen LogP contribution in [0.4, 0.5) is 0 Å². The third kappa shape index (κ3) is 2.52. The summed E-state index contributed by atoms with van der Waals surface area (Å²) in [6.07, 6.45) is 2.00. The molecular formula is C12H18N4O2. The monoisotopic (exact) mass is 250 g/mol. The normalized spacial score (nSPS) is 19.7. The van der Waals surface area contributed by atoms with Crippen LogP contribution in [0.2, 0.25) is 0 Å². The lowest BCUT2D eigenvalue weighted by Gasteiger charge is -2.31. The summed E-state index contributed by atoms with van der Waals surface area (Å²) in [7, 11) is 1.58. The molecule has 98 valence electrons. The van der Waals surface area contributed by atoms with Gasteiger partial charge < -0.3 is 10.2 Å². The van der Waals surface area contributed by atoms with Gasteiger partial charge in [-0.15, -0.1) is 0 Å². The predicted octanol–water partition coefficient (Wildman–Crippen LogP) is 0.495. The number of amides is 2. The number of nitrogens with zero attached hydrogens (tertiary/aromatic N) is 2. The van der Waals surface area contributed by atoms with Crippen molar-refractivity contribution in [2.45, 2.75) is 25.7 Å². The number of nitrogens with one attached hydrogen (secondary N) is 2. The summed E-state index contributed by atoms with van der Waals surface area (Å²) in [5.74, 6) is 0.149. The van der Waals surface area contributed by atoms with Gasteiger partial charge in [-0.25, -0.2) is 0 Å². The van der Waals surface area contributed by atoms with Gasteiger partial charge in [-0.1, -0.05) is 0 Å². The second kappa shape index (κ2) is 5.20. The molecule has 1 aliphatic rings. The molecule has 1 aromatic rings. The van der Waals surface area contributed by atoms with Crippen LogP contribution in [0.5, 0.6) is 0 Å². The number of likely N-dealkylation sites (tertiary alicyclic amines) is 1. The van der Waals surface area contributed by atoms with Gasteiger partial charge >= 0.3 is 0 Å². The zero-order chi connectivity index (χ0) is 13.1. The summed E-state index contributed by atoms with van der Waals surface area (Å²) in [6, 6.07) is 1.77. The Bertz CT molecular complexity index is 455. The van der Waals surface area contributed by atoms with Crippen molar-refractivity contribution in [3.8, 4) is 0 Å². The van der Waals surface area contributed by atoms with E-state index in [-0.39, 0.29) is 17.7 Å². The van der Waals surface area contributed by atoms with Crippen LogP contribution >= 0.6 is 0 Å². The molecule has 0 bridgehead atoms. The lowest BCUT2D eigenvalue weighted by molar-refractivity contribution is -0.130. The number of H-pyrrole nitrogens is 1. The van der Waals surface area contributed by atoms with Crippen LogP contribution in [0.25, 0.3) is 0 Å². The molecule has 2 N–H and O–H groups in total. The van der Waals surface area contributed by atoms with Gasteiger partial charge in [-0.3, -0.25) is 14.7 Å². The topological polar surface area (TPSA) is 78.1 Å². The molecular weight excluding hydrogens is 232 g/mol. The number of aromatic nitrogens is 2. The maximum absolute atomic E-state index is 11.4. The highest BCUT2D eigenvalue weighted by atomic mass is 16.2. The number of carbonyl (C=O) groups is 2. The van der Waals surface area contributed by atoms with Crippen molar-refractivity contribution in [2.24, 2.45) is 0 Å². The fourth-order valence-electron chi connectivity index (χ4n) is 2.31. The number of aromatic amines is 1. The van der Waals surface area contributed by atoms with Gasteiger partial charge in [0.25, 0.3) is 5.91 Å². The SMILES string of the molecule is CNC(=O)c1cc(C2CCCN(C(C)=O)C2)[nH]n1. The third-order valence-electron chi connectivity index (χ3n) is 3.36. The molecule has 0 radical (unpaired) electrons. The number of hydrogen-bond acceptors (Lipinski definition) is 3. The van der Waals surface area contributed by atoms with Crippen molar-refractivity contribution < 1.29 is 9.59 Å². The standard InChI is InChI=1S/C12H18N4O2/c1-8(17)16-5-3-4-9(7-16)10-6-11(15-14-10)12(18)13-2/h6,9H,3-5,7H2,1-2H3,(H,13,18)(H,14,15). The summed E-state index contributed by atoms with van der Waals surface area (Å²) in [5, 5.41) is 9.43. The largest absolute Gasteiger partial charge is 0.354 e. The number of hydrogen-bond donors (Lipinski definition) is 2. The van der Waals surface area contributed by atoms with Crippen molar-refractivity contribution in [3.63, 3.8) is 0 Å². The Morgan fingerprint density at radius 1 is 1.56 bits per heavy atom. The molecule has 2 amide bonds. The smallest absolute Gasteiger partial charge is 0.271 e. The molecule has 18 heavy (non-hydrogen) atoms. The Labute approximate surface area is 106 Å². The van der Waals surface area contributed by atoms with Crippen molar-refractivity contribution in [3.05, 3.63) is 17.5 Å². The quantitative estimate of drug-likeness (QED) is 0.802.